The molecule has 0 saturated carbocycles. The number of rotatable bonds is 2. The lowest BCUT2D eigenvalue weighted by Crippen LogP contribution is -2.09. The fraction of sp³-hybridized carbons (Fsp3) is 0.364. The molecule has 1 aromatic carbocycles. The first-order valence-electron chi connectivity index (χ1n) is 4.75. The number of carbonyl (C=O) groups is 1. The molecule has 0 unspecified atom stereocenters. The molecule has 1 N–H and O–H groups in total. The SMILES string of the molecule is CC(C)Nc1ccc2c(c1)CC(=O)O2. The zero-order chi connectivity index (χ0) is 10.1. The number of carbonyl (C=O) groups excluding carboxylic acids is 1. The van der Waals surface area contributed by atoms with Crippen molar-refractivity contribution in [3.63, 3.8) is 0 Å². The second kappa shape index (κ2) is 3.33. The van der Waals surface area contributed by atoms with E-state index in [1.165, 1.54) is 0 Å². The summed E-state index contributed by atoms with van der Waals surface area (Å²) >= 11 is 0. The first-order chi connectivity index (χ1) is 6.65. The van der Waals surface area contributed by atoms with Crippen LogP contribution in [0.15, 0.2) is 18.2 Å². The smallest absolute Gasteiger partial charge is 0.315 e. The average Bonchev–Trinajstić information content (AvgIpc) is 2.42. The predicted octanol–water partition coefficient (Wildman–Crippen LogP) is 1.97. The number of hydrogen-bond acceptors (Lipinski definition) is 3. The number of ether oxygens (including phenoxy) is 1. The summed E-state index contributed by atoms with van der Waals surface area (Å²) in [5, 5.41) is 3.28. The van der Waals surface area contributed by atoms with Crippen molar-refractivity contribution < 1.29 is 9.53 Å². The van der Waals surface area contributed by atoms with Gasteiger partial charge in [-0.2, -0.15) is 0 Å². The van der Waals surface area contributed by atoms with E-state index in [1.807, 2.05) is 18.2 Å². The summed E-state index contributed by atoms with van der Waals surface area (Å²) in [6.07, 6.45) is 0.392. The second-order valence-electron chi connectivity index (χ2n) is 3.77. The van der Waals surface area contributed by atoms with E-state index < -0.39 is 0 Å². The monoisotopic (exact) mass is 191 g/mol. The van der Waals surface area contributed by atoms with Gasteiger partial charge in [0.25, 0.3) is 0 Å². The summed E-state index contributed by atoms with van der Waals surface area (Å²) < 4.78 is 5.00. The lowest BCUT2D eigenvalue weighted by molar-refractivity contribution is -0.131. The number of nitrogens with one attached hydrogen (secondary N) is 1. The van der Waals surface area contributed by atoms with Crippen LogP contribution in [0.1, 0.15) is 19.4 Å². The Labute approximate surface area is 83.1 Å². The second-order valence-corrected chi connectivity index (χ2v) is 3.77. The third kappa shape index (κ3) is 1.71. The van der Waals surface area contributed by atoms with E-state index in [2.05, 4.69) is 19.2 Å². The van der Waals surface area contributed by atoms with Gasteiger partial charge in [0.2, 0.25) is 0 Å². The summed E-state index contributed by atoms with van der Waals surface area (Å²) in [5.41, 5.74) is 2.01. The van der Waals surface area contributed by atoms with Crippen LogP contribution in [0, 0.1) is 0 Å². The molecule has 0 atom stereocenters. The zero-order valence-corrected chi connectivity index (χ0v) is 8.33. The molecule has 3 heteroatoms. The predicted molar refractivity (Wildman–Crippen MR) is 54.5 cm³/mol. The van der Waals surface area contributed by atoms with Crippen molar-refractivity contribution in [1.82, 2.24) is 0 Å². The first-order valence-corrected chi connectivity index (χ1v) is 4.75. The number of esters is 1. The average molecular weight is 191 g/mol. The lowest BCUT2D eigenvalue weighted by Gasteiger charge is -2.10. The first kappa shape index (κ1) is 9.06. The van der Waals surface area contributed by atoms with Gasteiger partial charge >= 0.3 is 5.97 Å². The van der Waals surface area contributed by atoms with Crippen LogP contribution in [-0.2, 0) is 11.2 Å². The summed E-state index contributed by atoms with van der Waals surface area (Å²) in [4.78, 5) is 11.0. The van der Waals surface area contributed by atoms with E-state index in [9.17, 15) is 4.79 Å². The van der Waals surface area contributed by atoms with Crippen LogP contribution < -0.4 is 10.1 Å². The molecule has 1 aliphatic rings. The molecule has 0 fully saturated rings. The topological polar surface area (TPSA) is 38.3 Å². The van der Waals surface area contributed by atoms with Crippen LogP contribution in [0.5, 0.6) is 5.75 Å². The summed E-state index contributed by atoms with van der Waals surface area (Å²) in [5.74, 6) is 0.533. The maximum absolute atomic E-state index is 11.0. The van der Waals surface area contributed by atoms with Crippen LogP contribution in [0.4, 0.5) is 5.69 Å². The van der Waals surface area contributed by atoms with E-state index in [1.54, 1.807) is 0 Å². The third-order valence-corrected chi connectivity index (χ3v) is 2.07. The normalized spacial score (nSPS) is 14.1. The Morgan fingerprint density at radius 1 is 1.43 bits per heavy atom. The Bertz CT molecular complexity index is 372. The number of hydrogen-bond donors (Lipinski definition) is 1. The van der Waals surface area contributed by atoms with Crippen molar-refractivity contribution in [2.24, 2.45) is 0 Å². The Kier molecular flexibility index (Phi) is 2.15. The minimum Gasteiger partial charge on any atom is -0.426 e. The van der Waals surface area contributed by atoms with Gasteiger partial charge in [-0.25, -0.2) is 0 Å². The fourth-order valence-electron chi connectivity index (χ4n) is 1.55. The summed E-state index contributed by atoms with van der Waals surface area (Å²) in [7, 11) is 0. The summed E-state index contributed by atoms with van der Waals surface area (Å²) in [6, 6.07) is 6.13. The summed E-state index contributed by atoms with van der Waals surface area (Å²) in [6.45, 7) is 4.16. The Morgan fingerprint density at radius 2 is 2.21 bits per heavy atom. The van der Waals surface area contributed by atoms with Gasteiger partial charge in [0, 0.05) is 17.3 Å². The molecule has 2 rings (SSSR count). The molecule has 0 radical (unpaired) electrons. The van der Waals surface area contributed by atoms with Crippen molar-refractivity contribution in [1.29, 1.82) is 0 Å². The van der Waals surface area contributed by atoms with Gasteiger partial charge in [-0.05, 0) is 32.0 Å². The highest BCUT2D eigenvalue weighted by Crippen LogP contribution is 2.28. The molecular formula is C11H13NO2. The van der Waals surface area contributed by atoms with Gasteiger partial charge < -0.3 is 10.1 Å². The van der Waals surface area contributed by atoms with Crippen molar-refractivity contribution >= 4 is 11.7 Å². The van der Waals surface area contributed by atoms with Gasteiger partial charge in [-0.3, -0.25) is 4.79 Å². The van der Waals surface area contributed by atoms with Gasteiger partial charge in [0.1, 0.15) is 5.75 Å². The molecular weight excluding hydrogens is 178 g/mol. The number of anilines is 1. The van der Waals surface area contributed by atoms with Crippen LogP contribution >= 0.6 is 0 Å². The van der Waals surface area contributed by atoms with E-state index in [0.29, 0.717) is 18.2 Å². The highest BCUT2D eigenvalue weighted by Gasteiger charge is 2.20. The van der Waals surface area contributed by atoms with E-state index >= 15 is 0 Å². The molecule has 74 valence electrons. The molecule has 0 spiro atoms. The largest absolute Gasteiger partial charge is 0.426 e. The van der Waals surface area contributed by atoms with E-state index in [4.69, 9.17) is 4.74 Å². The lowest BCUT2D eigenvalue weighted by atomic mass is 10.1. The quantitative estimate of drug-likeness (QED) is 0.573. The van der Waals surface area contributed by atoms with Gasteiger partial charge in [-0.1, -0.05) is 0 Å². The molecule has 1 heterocycles. The number of fused-ring (bicyclic) bond motifs is 1. The maximum Gasteiger partial charge on any atom is 0.315 e. The van der Waals surface area contributed by atoms with Crippen LogP contribution in [0.25, 0.3) is 0 Å². The van der Waals surface area contributed by atoms with Crippen molar-refractivity contribution in [2.45, 2.75) is 26.3 Å². The standard InChI is InChI=1S/C11H13NO2/c1-7(2)12-9-3-4-10-8(5-9)6-11(13)14-10/h3-5,7,12H,6H2,1-2H3. The highest BCUT2D eigenvalue weighted by molar-refractivity contribution is 5.81. The van der Waals surface area contributed by atoms with E-state index in [-0.39, 0.29) is 5.97 Å². The van der Waals surface area contributed by atoms with Crippen molar-refractivity contribution in [3.05, 3.63) is 23.8 Å². The Balaban J connectivity index is 2.24. The third-order valence-electron chi connectivity index (χ3n) is 2.07. The van der Waals surface area contributed by atoms with Gasteiger partial charge in [0.15, 0.2) is 0 Å². The molecule has 0 saturated heterocycles. The molecule has 3 nitrogen and oxygen atoms in total. The highest BCUT2D eigenvalue weighted by atomic mass is 16.5. The zero-order valence-electron chi connectivity index (χ0n) is 8.33. The molecule has 0 bridgehead atoms. The molecule has 1 aromatic rings. The van der Waals surface area contributed by atoms with Gasteiger partial charge in [-0.15, -0.1) is 0 Å². The van der Waals surface area contributed by atoms with Crippen LogP contribution in [0.2, 0.25) is 0 Å². The minimum absolute atomic E-state index is 0.165. The number of benzene rings is 1. The van der Waals surface area contributed by atoms with Crippen molar-refractivity contribution in [3.8, 4) is 5.75 Å². The molecule has 0 aromatic heterocycles. The van der Waals surface area contributed by atoms with Gasteiger partial charge in [0.05, 0.1) is 6.42 Å². The van der Waals surface area contributed by atoms with E-state index in [0.717, 1.165) is 11.3 Å². The Morgan fingerprint density at radius 3 is 2.93 bits per heavy atom. The molecule has 1 aliphatic heterocycles. The molecule has 0 amide bonds. The molecule has 0 aliphatic carbocycles. The Hall–Kier alpha value is -1.51. The fourth-order valence-corrected chi connectivity index (χ4v) is 1.55. The maximum atomic E-state index is 11.0. The molecule has 14 heavy (non-hydrogen) atoms. The minimum atomic E-state index is -0.165. The van der Waals surface area contributed by atoms with Crippen LogP contribution in [0.3, 0.4) is 0 Å². The van der Waals surface area contributed by atoms with Crippen molar-refractivity contribution in [2.75, 3.05) is 5.32 Å². The van der Waals surface area contributed by atoms with Crippen LogP contribution in [-0.4, -0.2) is 12.0 Å².